The molecule has 3 heteroatoms. The van der Waals surface area contributed by atoms with Gasteiger partial charge in [-0.25, -0.2) is 0 Å². The minimum Gasteiger partial charge on any atom is -0.340 e. The molecule has 0 aliphatic heterocycles. The van der Waals surface area contributed by atoms with Crippen molar-refractivity contribution in [2.75, 3.05) is 0 Å². The topological polar surface area (TPSA) is 60.7 Å². The summed E-state index contributed by atoms with van der Waals surface area (Å²) >= 11 is 0. The molecular formula is C11H16O3. The highest BCUT2D eigenvalue weighted by atomic mass is 16.7. The van der Waals surface area contributed by atoms with Crippen molar-refractivity contribution in [2.24, 2.45) is 5.92 Å². The lowest BCUT2D eigenvalue weighted by Gasteiger charge is -2.14. The van der Waals surface area contributed by atoms with Crippen LogP contribution in [0, 0.1) is 5.92 Å². The zero-order valence-electron chi connectivity index (χ0n) is 8.44. The fourth-order valence-electron chi connectivity index (χ4n) is 1.34. The molecule has 3 nitrogen and oxygen atoms in total. The molecule has 0 heterocycles. The van der Waals surface area contributed by atoms with Gasteiger partial charge >= 0.3 is 5.97 Å². The van der Waals surface area contributed by atoms with Crippen LogP contribution in [0.4, 0.5) is 0 Å². The normalized spacial score (nSPS) is 12.1. The molecule has 0 saturated heterocycles. The second kappa shape index (κ2) is 4.09. The summed E-state index contributed by atoms with van der Waals surface area (Å²) in [5.74, 6) is -2.17. The Morgan fingerprint density at radius 3 is 1.93 bits per heavy atom. The van der Waals surface area contributed by atoms with E-state index < -0.39 is 5.97 Å². The molecule has 3 N–H and O–H groups in total. The van der Waals surface area contributed by atoms with Gasteiger partial charge in [0.25, 0.3) is 0 Å². The average Bonchev–Trinajstić information content (AvgIpc) is 2.02. The molecule has 0 aliphatic carbocycles. The van der Waals surface area contributed by atoms with Gasteiger partial charge in [-0.2, -0.15) is 0 Å². The van der Waals surface area contributed by atoms with Gasteiger partial charge in [0.2, 0.25) is 0 Å². The van der Waals surface area contributed by atoms with Crippen LogP contribution in [0.3, 0.4) is 0 Å². The number of hydrogen-bond acceptors (Lipinski definition) is 3. The van der Waals surface area contributed by atoms with Crippen molar-refractivity contribution in [1.29, 1.82) is 0 Å². The molecule has 0 bridgehead atoms. The van der Waals surface area contributed by atoms with E-state index in [-0.39, 0.29) is 5.56 Å². The quantitative estimate of drug-likeness (QED) is 0.631. The summed E-state index contributed by atoms with van der Waals surface area (Å²) in [7, 11) is 0. The summed E-state index contributed by atoms with van der Waals surface area (Å²) < 4.78 is 0. The first-order valence-corrected chi connectivity index (χ1v) is 4.66. The van der Waals surface area contributed by atoms with Crippen molar-refractivity contribution >= 4 is 0 Å². The van der Waals surface area contributed by atoms with E-state index in [9.17, 15) is 0 Å². The molecule has 78 valence electrons. The van der Waals surface area contributed by atoms with Crippen molar-refractivity contribution in [1.82, 2.24) is 0 Å². The van der Waals surface area contributed by atoms with Crippen LogP contribution in [-0.2, 0) is 12.4 Å². The molecule has 1 aromatic carbocycles. The highest BCUT2D eigenvalue weighted by molar-refractivity contribution is 5.24. The molecule has 0 unspecified atom stereocenters. The van der Waals surface area contributed by atoms with Crippen LogP contribution in [-0.4, -0.2) is 15.3 Å². The standard InChI is InChI=1S/C11H16O3/c1-8(2)7-9-3-5-10(6-4-9)11(12,13)14/h3-6,8,12-14H,7H2,1-2H3. The maximum Gasteiger partial charge on any atom is 0.304 e. The molecule has 0 saturated carbocycles. The van der Waals surface area contributed by atoms with Crippen molar-refractivity contribution in [3.05, 3.63) is 35.4 Å². The summed E-state index contributed by atoms with van der Waals surface area (Å²) in [6.45, 7) is 4.23. The van der Waals surface area contributed by atoms with Crippen LogP contribution in [0.1, 0.15) is 25.0 Å². The van der Waals surface area contributed by atoms with Crippen LogP contribution in [0.2, 0.25) is 0 Å². The van der Waals surface area contributed by atoms with Gasteiger partial charge in [-0.3, -0.25) is 0 Å². The lowest BCUT2D eigenvalue weighted by molar-refractivity contribution is -0.323. The van der Waals surface area contributed by atoms with E-state index in [1.54, 1.807) is 12.1 Å². The van der Waals surface area contributed by atoms with E-state index >= 15 is 0 Å². The SMILES string of the molecule is CC(C)Cc1ccc(C(O)(O)O)cc1. The summed E-state index contributed by atoms with van der Waals surface area (Å²) in [6, 6.07) is 6.59. The smallest absolute Gasteiger partial charge is 0.304 e. The van der Waals surface area contributed by atoms with Crippen molar-refractivity contribution in [3.63, 3.8) is 0 Å². The van der Waals surface area contributed by atoms with Crippen molar-refractivity contribution in [2.45, 2.75) is 26.2 Å². The first-order valence-electron chi connectivity index (χ1n) is 4.66. The lowest BCUT2D eigenvalue weighted by Crippen LogP contribution is -2.23. The maximum atomic E-state index is 8.87. The van der Waals surface area contributed by atoms with E-state index in [2.05, 4.69) is 13.8 Å². The average molecular weight is 196 g/mol. The van der Waals surface area contributed by atoms with Gasteiger partial charge in [-0.1, -0.05) is 38.1 Å². The van der Waals surface area contributed by atoms with E-state index in [4.69, 9.17) is 15.3 Å². The molecule has 0 spiro atoms. The third-order valence-electron chi connectivity index (χ3n) is 1.99. The van der Waals surface area contributed by atoms with Crippen LogP contribution in [0.25, 0.3) is 0 Å². The second-order valence-electron chi connectivity index (χ2n) is 3.93. The lowest BCUT2D eigenvalue weighted by atomic mass is 10.0. The third kappa shape index (κ3) is 3.10. The van der Waals surface area contributed by atoms with Gasteiger partial charge < -0.3 is 15.3 Å². The molecule has 1 aromatic rings. The Morgan fingerprint density at radius 2 is 1.57 bits per heavy atom. The molecule has 0 aromatic heterocycles. The molecule has 0 fully saturated rings. The fraction of sp³-hybridized carbons (Fsp3) is 0.455. The van der Waals surface area contributed by atoms with Crippen LogP contribution in [0.15, 0.2) is 24.3 Å². The molecule has 0 aliphatic rings. The minimum atomic E-state index is -2.73. The van der Waals surface area contributed by atoms with Crippen molar-refractivity contribution < 1.29 is 15.3 Å². The Labute approximate surface area is 83.6 Å². The number of hydrogen-bond donors (Lipinski definition) is 3. The summed E-state index contributed by atoms with van der Waals surface area (Å²) in [6.07, 6.45) is 0.940. The Bertz CT molecular complexity index is 282. The predicted molar refractivity (Wildman–Crippen MR) is 53.3 cm³/mol. The number of benzene rings is 1. The first kappa shape index (κ1) is 11.2. The van der Waals surface area contributed by atoms with E-state index in [1.165, 1.54) is 12.1 Å². The largest absolute Gasteiger partial charge is 0.340 e. The zero-order chi connectivity index (χ0) is 10.8. The van der Waals surface area contributed by atoms with E-state index in [1.807, 2.05) is 0 Å². The highest BCUT2D eigenvalue weighted by Crippen LogP contribution is 2.16. The monoisotopic (exact) mass is 196 g/mol. The van der Waals surface area contributed by atoms with Gasteiger partial charge in [0.05, 0.1) is 0 Å². The second-order valence-corrected chi connectivity index (χ2v) is 3.93. The van der Waals surface area contributed by atoms with Crippen LogP contribution < -0.4 is 0 Å². The molecule has 14 heavy (non-hydrogen) atoms. The Morgan fingerprint density at radius 1 is 1.07 bits per heavy atom. The minimum absolute atomic E-state index is 0.0880. The van der Waals surface area contributed by atoms with Crippen LogP contribution in [0.5, 0.6) is 0 Å². The fourth-order valence-corrected chi connectivity index (χ4v) is 1.34. The summed E-state index contributed by atoms with van der Waals surface area (Å²) in [5.41, 5.74) is 1.21. The van der Waals surface area contributed by atoms with Crippen LogP contribution >= 0.6 is 0 Å². The Hall–Kier alpha value is -0.900. The predicted octanol–water partition coefficient (Wildman–Crippen LogP) is 0.972. The van der Waals surface area contributed by atoms with E-state index in [0.29, 0.717) is 5.92 Å². The maximum absolute atomic E-state index is 8.87. The van der Waals surface area contributed by atoms with Gasteiger partial charge in [-0.05, 0) is 17.9 Å². The van der Waals surface area contributed by atoms with Gasteiger partial charge in [0.15, 0.2) is 0 Å². The molecule has 0 atom stereocenters. The van der Waals surface area contributed by atoms with E-state index in [0.717, 1.165) is 12.0 Å². The molecule has 0 radical (unpaired) electrons. The first-order chi connectivity index (χ1) is 6.39. The zero-order valence-corrected chi connectivity index (χ0v) is 8.44. The molecule has 1 rings (SSSR count). The van der Waals surface area contributed by atoms with Gasteiger partial charge in [0.1, 0.15) is 0 Å². The van der Waals surface area contributed by atoms with Gasteiger partial charge in [-0.15, -0.1) is 0 Å². The highest BCUT2D eigenvalue weighted by Gasteiger charge is 2.20. The third-order valence-corrected chi connectivity index (χ3v) is 1.99. The number of aliphatic hydroxyl groups is 3. The summed E-state index contributed by atoms with van der Waals surface area (Å²) in [5, 5.41) is 26.6. The number of rotatable bonds is 3. The molecule has 0 amide bonds. The summed E-state index contributed by atoms with van der Waals surface area (Å²) in [4.78, 5) is 0. The Kier molecular flexibility index (Phi) is 3.26. The van der Waals surface area contributed by atoms with Crippen molar-refractivity contribution in [3.8, 4) is 0 Å². The molecular weight excluding hydrogens is 180 g/mol. The Balaban J connectivity index is 2.79. The van der Waals surface area contributed by atoms with Gasteiger partial charge in [0, 0.05) is 5.56 Å².